The molecule has 9 heteroatoms. The SMILES string of the molecule is Cc1ccc(-c2cc(C(=O)Nc3sc(C(=O)OC(C)C)c(C)c3C(N)=O)c3ccccc3n2)o1. The van der Waals surface area contributed by atoms with Crippen molar-refractivity contribution in [3.63, 3.8) is 0 Å². The molecule has 0 radical (unpaired) electrons. The lowest BCUT2D eigenvalue weighted by Gasteiger charge is -2.10. The molecule has 0 aliphatic heterocycles. The molecule has 0 atom stereocenters. The van der Waals surface area contributed by atoms with E-state index in [2.05, 4.69) is 10.3 Å². The molecule has 8 nitrogen and oxygen atoms in total. The number of nitrogens with one attached hydrogen (secondary N) is 1. The first-order chi connectivity index (χ1) is 16.2. The second-order valence-corrected chi connectivity index (χ2v) is 9.04. The Morgan fingerprint density at radius 3 is 2.50 bits per heavy atom. The fourth-order valence-electron chi connectivity index (χ4n) is 3.59. The number of para-hydroxylation sites is 1. The van der Waals surface area contributed by atoms with Gasteiger partial charge in [-0.2, -0.15) is 0 Å². The maximum absolute atomic E-state index is 13.4. The summed E-state index contributed by atoms with van der Waals surface area (Å²) in [5, 5.41) is 3.57. The van der Waals surface area contributed by atoms with Gasteiger partial charge < -0.3 is 20.2 Å². The molecule has 0 aliphatic rings. The van der Waals surface area contributed by atoms with Crippen molar-refractivity contribution in [2.24, 2.45) is 5.73 Å². The minimum Gasteiger partial charge on any atom is -0.460 e. The number of furan rings is 1. The minimum atomic E-state index is -0.751. The number of aromatic nitrogens is 1. The summed E-state index contributed by atoms with van der Waals surface area (Å²) < 4.78 is 11.0. The van der Waals surface area contributed by atoms with Gasteiger partial charge in [-0.3, -0.25) is 9.59 Å². The molecule has 1 aromatic carbocycles. The molecule has 0 bridgehead atoms. The Bertz CT molecular complexity index is 1430. The highest BCUT2D eigenvalue weighted by atomic mass is 32.1. The van der Waals surface area contributed by atoms with Crippen LogP contribution < -0.4 is 11.1 Å². The average molecular weight is 478 g/mol. The molecule has 0 fully saturated rings. The molecule has 4 aromatic rings. The third-order valence-electron chi connectivity index (χ3n) is 5.10. The van der Waals surface area contributed by atoms with Gasteiger partial charge in [0.2, 0.25) is 0 Å². The van der Waals surface area contributed by atoms with Crippen LogP contribution in [0.4, 0.5) is 5.00 Å². The van der Waals surface area contributed by atoms with Gasteiger partial charge in [0, 0.05) is 5.39 Å². The number of nitrogens with zero attached hydrogens (tertiary/aromatic N) is 1. The summed E-state index contributed by atoms with van der Waals surface area (Å²) in [5.41, 5.74) is 7.46. The molecule has 0 saturated carbocycles. The summed E-state index contributed by atoms with van der Waals surface area (Å²) in [6, 6.07) is 12.5. The summed E-state index contributed by atoms with van der Waals surface area (Å²) in [4.78, 5) is 42.9. The summed E-state index contributed by atoms with van der Waals surface area (Å²) >= 11 is 0.955. The maximum Gasteiger partial charge on any atom is 0.348 e. The molecule has 174 valence electrons. The van der Waals surface area contributed by atoms with Crippen molar-refractivity contribution < 1.29 is 23.5 Å². The normalized spacial score (nSPS) is 11.1. The van der Waals surface area contributed by atoms with Gasteiger partial charge in [0.25, 0.3) is 11.8 Å². The van der Waals surface area contributed by atoms with Crippen molar-refractivity contribution in [2.45, 2.75) is 33.8 Å². The molecule has 3 N–H and O–H groups in total. The minimum absolute atomic E-state index is 0.0781. The lowest BCUT2D eigenvalue weighted by molar-refractivity contribution is 0.0383. The van der Waals surface area contributed by atoms with Crippen LogP contribution in [0.25, 0.3) is 22.4 Å². The number of thiophene rings is 1. The zero-order chi connectivity index (χ0) is 24.6. The van der Waals surface area contributed by atoms with E-state index in [1.165, 1.54) is 0 Å². The van der Waals surface area contributed by atoms with Crippen LogP contribution in [0.2, 0.25) is 0 Å². The molecular weight excluding hydrogens is 454 g/mol. The summed E-state index contributed by atoms with van der Waals surface area (Å²) in [5.74, 6) is -0.558. The Kier molecular flexibility index (Phi) is 6.21. The number of carbonyl (C=O) groups excluding carboxylic acids is 3. The van der Waals surface area contributed by atoms with Crippen LogP contribution in [-0.4, -0.2) is 28.9 Å². The molecule has 0 unspecified atom stereocenters. The lowest BCUT2D eigenvalue weighted by Crippen LogP contribution is -2.18. The molecule has 3 aromatic heterocycles. The number of anilines is 1. The van der Waals surface area contributed by atoms with Gasteiger partial charge in [-0.15, -0.1) is 11.3 Å². The number of ether oxygens (including phenoxy) is 1. The number of rotatable bonds is 6. The van der Waals surface area contributed by atoms with Crippen molar-refractivity contribution in [1.29, 1.82) is 0 Å². The van der Waals surface area contributed by atoms with E-state index in [0.717, 1.165) is 17.1 Å². The number of benzene rings is 1. The van der Waals surface area contributed by atoms with Crippen molar-refractivity contribution in [3.8, 4) is 11.5 Å². The van der Waals surface area contributed by atoms with Crippen LogP contribution in [0, 0.1) is 13.8 Å². The van der Waals surface area contributed by atoms with E-state index in [1.807, 2.05) is 25.1 Å². The summed E-state index contributed by atoms with van der Waals surface area (Å²) in [7, 11) is 0. The van der Waals surface area contributed by atoms with Crippen molar-refractivity contribution in [1.82, 2.24) is 4.98 Å². The van der Waals surface area contributed by atoms with Gasteiger partial charge in [-0.05, 0) is 57.5 Å². The quantitative estimate of drug-likeness (QED) is 0.373. The van der Waals surface area contributed by atoms with Crippen LogP contribution in [-0.2, 0) is 4.74 Å². The number of primary amides is 1. The van der Waals surface area contributed by atoms with Crippen molar-refractivity contribution >= 4 is 45.0 Å². The number of aryl methyl sites for hydroxylation is 1. The number of amides is 2. The molecule has 34 heavy (non-hydrogen) atoms. The molecular formula is C25H23N3O5S. The van der Waals surface area contributed by atoms with Crippen LogP contribution in [0.3, 0.4) is 0 Å². The highest BCUT2D eigenvalue weighted by Gasteiger charge is 2.26. The zero-order valence-corrected chi connectivity index (χ0v) is 19.9. The van der Waals surface area contributed by atoms with E-state index in [9.17, 15) is 14.4 Å². The molecule has 4 rings (SSSR count). The van der Waals surface area contributed by atoms with Crippen LogP contribution in [0.15, 0.2) is 46.9 Å². The Balaban J connectivity index is 1.78. The summed E-state index contributed by atoms with van der Waals surface area (Å²) in [6.07, 6.45) is -0.337. The van der Waals surface area contributed by atoms with Gasteiger partial charge >= 0.3 is 5.97 Å². The van der Waals surface area contributed by atoms with Gasteiger partial charge in [-0.25, -0.2) is 9.78 Å². The molecule has 0 aliphatic carbocycles. The molecule has 2 amide bonds. The number of fused-ring (bicyclic) bond motifs is 1. The number of nitrogens with two attached hydrogens (primary N) is 1. The molecule has 0 saturated heterocycles. The first-order valence-electron chi connectivity index (χ1n) is 10.6. The second-order valence-electron chi connectivity index (χ2n) is 8.02. The largest absolute Gasteiger partial charge is 0.460 e. The molecule has 3 heterocycles. The lowest BCUT2D eigenvalue weighted by atomic mass is 10.1. The number of pyridine rings is 1. The average Bonchev–Trinajstić information content (AvgIpc) is 3.35. The van der Waals surface area contributed by atoms with Gasteiger partial charge in [0.05, 0.1) is 22.7 Å². The first-order valence-corrected chi connectivity index (χ1v) is 11.4. The fourth-order valence-corrected chi connectivity index (χ4v) is 4.68. The maximum atomic E-state index is 13.4. The van der Waals surface area contributed by atoms with E-state index in [1.54, 1.807) is 45.0 Å². The Morgan fingerprint density at radius 1 is 1.12 bits per heavy atom. The van der Waals surface area contributed by atoms with E-state index < -0.39 is 17.8 Å². The Labute approximate surface area is 199 Å². The predicted octanol–water partition coefficient (Wildman–Crippen LogP) is 5.09. The first kappa shape index (κ1) is 23.2. The van der Waals surface area contributed by atoms with Gasteiger partial charge in [0.1, 0.15) is 21.3 Å². The van der Waals surface area contributed by atoms with Crippen LogP contribution in [0.5, 0.6) is 0 Å². The Hall–Kier alpha value is -3.98. The fraction of sp³-hybridized carbons (Fsp3) is 0.200. The smallest absolute Gasteiger partial charge is 0.348 e. The third-order valence-corrected chi connectivity index (χ3v) is 6.29. The number of esters is 1. The zero-order valence-electron chi connectivity index (χ0n) is 19.1. The standard InChI is InChI=1S/C25H23N3O5S/c1-12(2)32-25(31)21-14(4)20(22(26)29)24(34-21)28-23(30)16-11-18(19-10-9-13(3)33-19)27-17-8-6-5-7-15(16)17/h5-12H,1-4H3,(H2,26,29)(H,28,30). The van der Waals surface area contributed by atoms with Gasteiger partial charge in [-0.1, -0.05) is 18.2 Å². The topological polar surface area (TPSA) is 125 Å². The van der Waals surface area contributed by atoms with E-state index in [4.69, 9.17) is 14.9 Å². The highest BCUT2D eigenvalue weighted by molar-refractivity contribution is 7.18. The number of hydrogen-bond acceptors (Lipinski definition) is 7. The summed E-state index contributed by atoms with van der Waals surface area (Å²) in [6.45, 7) is 6.88. The van der Waals surface area contributed by atoms with E-state index >= 15 is 0 Å². The third kappa shape index (κ3) is 4.42. The van der Waals surface area contributed by atoms with E-state index in [0.29, 0.717) is 33.5 Å². The molecule has 0 spiro atoms. The monoisotopic (exact) mass is 477 g/mol. The number of hydrogen-bond donors (Lipinski definition) is 2. The predicted molar refractivity (Wildman–Crippen MR) is 130 cm³/mol. The van der Waals surface area contributed by atoms with Gasteiger partial charge in [0.15, 0.2) is 5.76 Å². The number of carbonyl (C=O) groups is 3. The highest BCUT2D eigenvalue weighted by Crippen LogP contribution is 2.35. The second kappa shape index (κ2) is 9.11. The van der Waals surface area contributed by atoms with E-state index in [-0.39, 0.29) is 21.5 Å². The van der Waals surface area contributed by atoms with Crippen LogP contribution >= 0.6 is 11.3 Å². The van der Waals surface area contributed by atoms with Crippen molar-refractivity contribution in [3.05, 3.63) is 69.8 Å². The Morgan fingerprint density at radius 2 is 1.85 bits per heavy atom. The van der Waals surface area contributed by atoms with Crippen molar-refractivity contribution in [2.75, 3.05) is 5.32 Å². The van der Waals surface area contributed by atoms with Crippen LogP contribution in [0.1, 0.15) is 55.6 Å².